The van der Waals surface area contributed by atoms with E-state index in [4.69, 9.17) is 5.11 Å². The summed E-state index contributed by atoms with van der Waals surface area (Å²) in [6.45, 7) is 4.21. The molecule has 2 N–H and O–H groups in total. The summed E-state index contributed by atoms with van der Waals surface area (Å²) in [7, 11) is 0. The fraction of sp³-hybridized carbons (Fsp3) is 0.917. The molecule has 0 aromatic rings. The number of carboxylic acids is 1. The van der Waals surface area contributed by atoms with Gasteiger partial charge in [-0.2, -0.15) is 0 Å². The van der Waals surface area contributed by atoms with Gasteiger partial charge in [0.05, 0.1) is 0 Å². The third kappa shape index (κ3) is 4.20. The van der Waals surface area contributed by atoms with Crippen LogP contribution >= 0.6 is 0 Å². The van der Waals surface area contributed by atoms with Crippen molar-refractivity contribution in [1.82, 2.24) is 5.32 Å². The first-order chi connectivity index (χ1) is 7.13. The van der Waals surface area contributed by atoms with E-state index >= 15 is 0 Å². The summed E-state index contributed by atoms with van der Waals surface area (Å²) in [4.78, 5) is 10.9. The van der Waals surface area contributed by atoms with E-state index in [-0.39, 0.29) is 6.04 Å². The molecular formula is C12H23NO2. The van der Waals surface area contributed by atoms with E-state index in [0.29, 0.717) is 12.5 Å². The van der Waals surface area contributed by atoms with E-state index < -0.39 is 5.97 Å². The van der Waals surface area contributed by atoms with E-state index in [9.17, 15) is 4.79 Å². The lowest BCUT2D eigenvalue weighted by Gasteiger charge is -2.21. The van der Waals surface area contributed by atoms with Crippen LogP contribution in [0.1, 0.15) is 52.4 Å². The highest BCUT2D eigenvalue weighted by Gasteiger charge is 2.21. The van der Waals surface area contributed by atoms with Crippen molar-refractivity contribution in [2.75, 3.05) is 0 Å². The van der Waals surface area contributed by atoms with Crippen molar-refractivity contribution in [2.24, 2.45) is 5.92 Å². The van der Waals surface area contributed by atoms with Gasteiger partial charge in [0.2, 0.25) is 0 Å². The van der Waals surface area contributed by atoms with Gasteiger partial charge in [-0.15, -0.1) is 0 Å². The second-order valence-corrected chi connectivity index (χ2v) is 4.78. The summed E-state index contributed by atoms with van der Waals surface area (Å²) in [5.41, 5.74) is 0. The Morgan fingerprint density at radius 2 is 2.13 bits per heavy atom. The fourth-order valence-corrected chi connectivity index (χ4v) is 2.30. The van der Waals surface area contributed by atoms with Crippen LogP contribution in [0.2, 0.25) is 0 Å². The summed E-state index contributed by atoms with van der Waals surface area (Å²) in [6, 6.07) is 0.0550. The van der Waals surface area contributed by atoms with Crippen molar-refractivity contribution in [3.05, 3.63) is 0 Å². The molecule has 0 bridgehead atoms. The molecule has 0 aromatic carbocycles. The number of nitrogens with one attached hydrogen (secondary N) is 1. The minimum absolute atomic E-state index is 0.358. The van der Waals surface area contributed by atoms with Crippen molar-refractivity contribution in [3.63, 3.8) is 0 Å². The first-order valence-corrected chi connectivity index (χ1v) is 6.12. The van der Waals surface area contributed by atoms with Crippen LogP contribution in [-0.2, 0) is 4.79 Å². The Hall–Kier alpha value is -0.570. The van der Waals surface area contributed by atoms with Gasteiger partial charge in [0.25, 0.3) is 0 Å². The molecule has 1 rings (SSSR count). The molecule has 1 fully saturated rings. The Balaban J connectivity index is 2.39. The molecule has 0 amide bonds. The average molecular weight is 213 g/mol. The van der Waals surface area contributed by atoms with E-state index in [1.165, 1.54) is 19.3 Å². The molecule has 88 valence electrons. The standard InChI is InChI=1S/C12H23NO2/c1-3-11(12(14)15)13-10-6-4-5-9(2)7-8-10/h9-11,13H,3-8H2,1-2H3,(H,14,15). The molecule has 0 saturated heterocycles. The average Bonchev–Trinajstić information content (AvgIpc) is 2.39. The molecule has 0 spiro atoms. The van der Waals surface area contributed by atoms with Crippen LogP contribution in [0, 0.1) is 5.92 Å². The van der Waals surface area contributed by atoms with Gasteiger partial charge in [0, 0.05) is 6.04 Å². The highest BCUT2D eigenvalue weighted by atomic mass is 16.4. The Labute approximate surface area is 92.3 Å². The smallest absolute Gasteiger partial charge is 0.320 e. The van der Waals surface area contributed by atoms with Gasteiger partial charge in [-0.05, 0) is 31.6 Å². The van der Waals surface area contributed by atoms with Crippen LogP contribution in [0.3, 0.4) is 0 Å². The quantitative estimate of drug-likeness (QED) is 0.705. The lowest BCUT2D eigenvalue weighted by molar-refractivity contribution is -0.139. The predicted molar refractivity (Wildman–Crippen MR) is 60.9 cm³/mol. The van der Waals surface area contributed by atoms with Crippen molar-refractivity contribution < 1.29 is 9.90 Å². The molecule has 1 aliphatic rings. The first-order valence-electron chi connectivity index (χ1n) is 6.12. The normalized spacial score (nSPS) is 29.5. The molecule has 0 aliphatic heterocycles. The zero-order valence-electron chi connectivity index (χ0n) is 9.83. The molecular weight excluding hydrogens is 190 g/mol. The highest BCUT2D eigenvalue weighted by Crippen LogP contribution is 2.22. The number of aliphatic carboxylic acids is 1. The molecule has 1 saturated carbocycles. The second-order valence-electron chi connectivity index (χ2n) is 4.78. The molecule has 0 radical (unpaired) electrons. The Bertz CT molecular complexity index is 206. The number of hydrogen-bond acceptors (Lipinski definition) is 2. The number of rotatable bonds is 4. The summed E-state index contributed by atoms with van der Waals surface area (Å²) < 4.78 is 0. The molecule has 0 aromatic heterocycles. The zero-order valence-corrected chi connectivity index (χ0v) is 9.83. The first kappa shape index (κ1) is 12.5. The summed E-state index contributed by atoms with van der Waals surface area (Å²) >= 11 is 0. The lowest BCUT2D eigenvalue weighted by Crippen LogP contribution is -2.42. The van der Waals surface area contributed by atoms with E-state index in [2.05, 4.69) is 12.2 Å². The Kier molecular flexibility index (Phi) is 5.09. The van der Waals surface area contributed by atoms with Crippen molar-refractivity contribution in [1.29, 1.82) is 0 Å². The van der Waals surface area contributed by atoms with Gasteiger partial charge < -0.3 is 10.4 Å². The predicted octanol–water partition coefficient (Wildman–Crippen LogP) is 2.41. The fourth-order valence-electron chi connectivity index (χ4n) is 2.30. The van der Waals surface area contributed by atoms with Crippen LogP contribution in [0.5, 0.6) is 0 Å². The van der Waals surface area contributed by atoms with Gasteiger partial charge in [0.15, 0.2) is 0 Å². The van der Waals surface area contributed by atoms with Gasteiger partial charge in [0.1, 0.15) is 6.04 Å². The van der Waals surface area contributed by atoms with Gasteiger partial charge in [-0.3, -0.25) is 4.79 Å². The SMILES string of the molecule is CCC(NC1CCCC(C)CC1)C(=O)O. The summed E-state index contributed by atoms with van der Waals surface area (Å²) in [5, 5.41) is 12.2. The third-order valence-electron chi connectivity index (χ3n) is 3.40. The van der Waals surface area contributed by atoms with E-state index in [1.807, 2.05) is 6.92 Å². The number of hydrogen-bond donors (Lipinski definition) is 2. The molecule has 0 heterocycles. The highest BCUT2D eigenvalue weighted by molar-refractivity contribution is 5.73. The van der Waals surface area contributed by atoms with Crippen LogP contribution in [0.4, 0.5) is 0 Å². The monoisotopic (exact) mass is 213 g/mol. The molecule has 15 heavy (non-hydrogen) atoms. The van der Waals surface area contributed by atoms with Gasteiger partial charge in [-0.1, -0.05) is 26.7 Å². The lowest BCUT2D eigenvalue weighted by atomic mass is 10.0. The van der Waals surface area contributed by atoms with E-state index in [0.717, 1.165) is 18.8 Å². The van der Waals surface area contributed by atoms with Crippen LogP contribution in [0.25, 0.3) is 0 Å². The molecule has 1 aliphatic carbocycles. The maximum absolute atomic E-state index is 10.9. The minimum Gasteiger partial charge on any atom is -0.480 e. The van der Waals surface area contributed by atoms with Crippen LogP contribution in [0.15, 0.2) is 0 Å². The second kappa shape index (κ2) is 6.11. The number of carboxylic acid groups (broad SMARTS) is 1. The summed E-state index contributed by atoms with van der Waals surface area (Å²) in [6.07, 6.45) is 6.69. The topological polar surface area (TPSA) is 49.3 Å². The maximum atomic E-state index is 10.9. The zero-order chi connectivity index (χ0) is 11.3. The molecule has 3 unspecified atom stereocenters. The summed E-state index contributed by atoms with van der Waals surface area (Å²) in [5.74, 6) is 0.0940. The van der Waals surface area contributed by atoms with Crippen molar-refractivity contribution in [3.8, 4) is 0 Å². The van der Waals surface area contributed by atoms with Crippen LogP contribution in [-0.4, -0.2) is 23.2 Å². The molecule has 3 atom stereocenters. The van der Waals surface area contributed by atoms with Crippen LogP contribution < -0.4 is 5.32 Å². The Morgan fingerprint density at radius 3 is 2.73 bits per heavy atom. The van der Waals surface area contributed by atoms with Gasteiger partial charge in [-0.25, -0.2) is 0 Å². The van der Waals surface area contributed by atoms with Crippen molar-refractivity contribution >= 4 is 5.97 Å². The van der Waals surface area contributed by atoms with E-state index in [1.54, 1.807) is 0 Å². The molecule has 3 nitrogen and oxygen atoms in total. The number of carbonyl (C=O) groups is 1. The third-order valence-corrected chi connectivity index (χ3v) is 3.40. The van der Waals surface area contributed by atoms with Crippen molar-refractivity contribution in [2.45, 2.75) is 64.5 Å². The molecule has 3 heteroatoms. The maximum Gasteiger partial charge on any atom is 0.320 e. The Morgan fingerprint density at radius 1 is 1.40 bits per heavy atom. The minimum atomic E-state index is -0.713. The van der Waals surface area contributed by atoms with Gasteiger partial charge >= 0.3 is 5.97 Å². The largest absolute Gasteiger partial charge is 0.480 e.